The lowest BCUT2D eigenvalue weighted by atomic mass is 9.90. The van der Waals surface area contributed by atoms with E-state index in [2.05, 4.69) is 0 Å². The summed E-state index contributed by atoms with van der Waals surface area (Å²) in [7, 11) is -3.78. The van der Waals surface area contributed by atoms with Gasteiger partial charge in [-0.05, 0) is 24.3 Å². The Morgan fingerprint density at radius 2 is 1.68 bits per heavy atom. The number of fused-ring (bicyclic) bond motifs is 1. The maximum atomic E-state index is 12.8. The van der Waals surface area contributed by atoms with Crippen molar-refractivity contribution in [1.82, 2.24) is 12.9 Å². The van der Waals surface area contributed by atoms with Crippen molar-refractivity contribution < 1.29 is 16.8 Å². The maximum absolute atomic E-state index is 12.8. The summed E-state index contributed by atoms with van der Waals surface area (Å²) in [6.45, 7) is 2.75. The molecule has 25 heavy (non-hydrogen) atoms. The summed E-state index contributed by atoms with van der Waals surface area (Å²) >= 11 is 0. The zero-order chi connectivity index (χ0) is 18.4. The molecule has 3 atom stereocenters. The summed E-state index contributed by atoms with van der Waals surface area (Å²) in [4.78, 5) is 0. The number of hydrogen-bond donors (Lipinski definition) is 0. The second-order valence-electron chi connectivity index (χ2n) is 6.86. The van der Waals surface area contributed by atoms with Crippen molar-refractivity contribution in [2.75, 3.05) is 39.5 Å². The van der Waals surface area contributed by atoms with E-state index >= 15 is 0 Å². The fourth-order valence-electron chi connectivity index (χ4n) is 3.89. The van der Waals surface area contributed by atoms with Crippen molar-refractivity contribution in [3.63, 3.8) is 0 Å². The zero-order valence-electron chi connectivity index (χ0n) is 14.7. The van der Waals surface area contributed by atoms with Crippen LogP contribution in [0.15, 0.2) is 30.3 Å². The molecule has 0 aromatic heterocycles. The van der Waals surface area contributed by atoms with Crippen molar-refractivity contribution >= 4 is 20.2 Å². The SMILES string of the molecule is CCS(=O)(=O)N1C[C@H]2CN(S(=O)(=O)N(C)C)[C@H](c3ccccc3)[C@H]2C1. The fraction of sp³-hybridized carbons (Fsp3) is 0.625. The lowest BCUT2D eigenvalue weighted by Gasteiger charge is -2.30. The van der Waals surface area contributed by atoms with Crippen LogP contribution >= 0.6 is 0 Å². The Balaban J connectivity index is 1.99. The van der Waals surface area contributed by atoms with Gasteiger partial charge in [0.1, 0.15) is 0 Å². The Kier molecular flexibility index (Phi) is 4.97. The Bertz CT molecular complexity index is 824. The second kappa shape index (κ2) is 6.62. The highest BCUT2D eigenvalue weighted by molar-refractivity contribution is 7.89. The average Bonchev–Trinajstić information content (AvgIpc) is 3.13. The van der Waals surface area contributed by atoms with E-state index in [1.54, 1.807) is 6.92 Å². The van der Waals surface area contributed by atoms with Gasteiger partial charge in [0.2, 0.25) is 10.0 Å². The van der Waals surface area contributed by atoms with Gasteiger partial charge in [0, 0.05) is 33.7 Å². The molecule has 2 aliphatic rings. The van der Waals surface area contributed by atoms with Gasteiger partial charge in [-0.15, -0.1) is 0 Å². The molecule has 1 aromatic rings. The van der Waals surface area contributed by atoms with Crippen LogP contribution < -0.4 is 0 Å². The number of hydrogen-bond acceptors (Lipinski definition) is 4. The van der Waals surface area contributed by atoms with Crippen LogP contribution in [0.5, 0.6) is 0 Å². The van der Waals surface area contributed by atoms with E-state index in [1.165, 1.54) is 27.0 Å². The third-order valence-corrected chi connectivity index (χ3v) is 8.95. The second-order valence-corrected chi connectivity index (χ2v) is 11.2. The summed E-state index contributed by atoms with van der Waals surface area (Å²) in [5.41, 5.74) is 0.913. The van der Waals surface area contributed by atoms with Gasteiger partial charge in [0.25, 0.3) is 10.2 Å². The van der Waals surface area contributed by atoms with Crippen LogP contribution in [0.2, 0.25) is 0 Å². The molecule has 0 N–H and O–H groups in total. The highest BCUT2D eigenvalue weighted by Crippen LogP contribution is 2.47. The molecule has 140 valence electrons. The largest absolute Gasteiger partial charge is 0.282 e. The lowest BCUT2D eigenvalue weighted by Crippen LogP contribution is -2.42. The van der Waals surface area contributed by atoms with Gasteiger partial charge in [0.05, 0.1) is 11.8 Å². The maximum Gasteiger partial charge on any atom is 0.282 e. The number of sulfonamides is 1. The summed E-state index contributed by atoms with van der Waals surface area (Å²) in [6.07, 6.45) is 0. The van der Waals surface area contributed by atoms with Crippen LogP contribution in [0, 0.1) is 11.8 Å². The van der Waals surface area contributed by atoms with Gasteiger partial charge in [-0.1, -0.05) is 30.3 Å². The predicted octanol–water partition coefficient (Wildman–Crippen LogP) is 0.747. The fourth-order valence-corrected chi connectivity index (χ4v) is 6.43. The number of benzene rings is 1. The van der Waals surface area contributed by atoms with Gasteiger partial charge < -0.3 is 0 Å². The summed E-state index contributed by atoms with van der Waals surface area (Å²) in [5, 5.41) is 0. The molecule has 2 saturated heterocycles. The van der Waals surface area contributed by atoms with Crippen LogP contribution in [0.25, 0.3) is 0 Å². The van der Waals surface area contributed by atoms with Crippen LogP contribution in [0.1, 0.15) is 18.5 Å². The first-order valence-corrected chi connectivity index (χ1v) is 11.4. The smallest absolute Gasteiger partial charge is 0.212 e. The molecule has 2 heterocycles. The van der Waals surface area contributed by atoms with Gasteiger partial charge in [-0.3, -0.25) is 0 Å². The topological polar surface area (TPSA) is 78.0 Å². The van der Waals surface area contributed by atoms with Crippen LogP contribution in [-0.4, -0.2) is 69.2 Å². The van der Waals surface area contributed by atoms with Gasteiger partial charge in [0.15, 0.2) is 0 Å². The summed E-state index contributed by atoms with van der Waals surface area (Å²) in [5.74, 6) is 0.0574. The lowest BCUT2D eigenvalue weighted by molar-refractivity contribution is 0.306. The van der Waals surface area contributed by atoms with Gasteiger partial charge >= 0.3 is 0 Å². The van der Waals surface area contributed by atoms with E-state index < -0.39 is 20.2 Å². The highest BCUT2D eigenvalue weighted by atomic mass is 32.2. The normalized spacial score (nSPS) is 28.6. The first-order chi connectivity index (χ1) is 11.7. The van der Waals surface area contributed by atoms with Gasteiger partial charge in [-0.25, -0.2) is 12.7 Å². The Morgan fingerprint density at radius 1 is 1.04 bits per heavy atom. The van der Waals surface area contributed by atoms with E-state index in [4.69, 9.17) is 0 Å². The quantitative estimate of drug-likeness (QED) is 0.747. The first kappa shape index (κ1) is 18.8. The Labute approximate surface area is 150 Å². The highest BCUT2D eigenvalue weighted by Gasteiger charge is 2.53. The number of rotatable bonds is 5. The molecule has 0 bridgehead atoms. The molecule has 2 fully saturated rings. The minimum absolute atomic E-state index is 0.0151. The van der Waals surface area contributed by atoms with Crippen molar-refractivity contribution in [3.05, 3.63) is 35.9 Å². The molecule has 0 aliphatic carbocycles. The van der Waals surface area contributed by atoms with E-state index in [-0.39, 0.29) is 23.6 Å². The molecule has 0 unspecified atom stereocenters. The zero-order valence-corrected chi connectivity index (χ0v) is 16.4. The molecule has 3 rings (SSSR count). The number of nitrogens with zero attached hydrogens (tertiary/aromatic N) is 3. The van der Waals surface area contributed by atoms with Crippen molar-refractivity contribution in [2.45, 2.75) is 13.0 Å². The molecule has 2 aliphatic heterocycles. The van der Waals surface area contributed by atoms with Crippen molar-refractivity contribution in [2.24, 2.45) is 11.8 Å². The monoisotopic (exact) mass is 387 g/mol. The van der Waals surface area contributed by atoms with E-state index in [9.17, 15) is 16.8 Å². The van der Waals surface area contributed by atoms with Crippen molar-refractivity contribution in [3.8, 4) is 0 Å². The predicted molar refractivity (Wildman–Crippen MR) is 96.5 cm³/mol. The third kappa shape index (κ3) is 3.23. The molecule has 1 aromatic carbocycles. The molecule has 9 heteroatoms. The van der Waals surface area contributed by atoms with Crippen molar-refractivity contribution in [1.29, 1.82) is 0 Å². The standard InChI is InChI=1S/C16H25N3O4S2/c1-4-24(20,21)18-10-14-11-19(25(22,23)17(2)3)16(15(14)12-18)13-8-6-5-7-9-13/h5-9,14-16H,4,10-12H2,1-3H3/t14-,15-,16+/m0/s1. The summed E-state index contributed by atoms with van der Waals surface area (Å²) < 4.78 is 54.4. The Hall–Kier alpha value is -1.00. The summed E-state index contributed by atoms with van der Waals surface area (Å²) in [6, 6.07) is 9.17. The van der Waals surface area contributed by atoms with Crippen LogP contribution in [-0.2, 0) is 20.2 Å². The third-order valence-electron chi connectivity index (χ3n) is 5.25. The minimum atomic E-state index is -3.58. The van der Waals surface area contributed by atoms with Gasteiger partial charge in [-0.2, -0.15) is 17.0 Å². The van der Waals surface area contributed by atoms with Crippen LogP contribution in [0.3, 0.4) is 0 Å². The average molecular weight is 388 g/mol. The van der Waals surface area contributed by atoms with E-state index in [1.807, 2.05) is 30.3 Å². The minimum Gasteiger partial charge on any atom is -0.212 e. The van der Waals surface area contributed by atoms with Crippen LogP contribution in [0.4, 0.5) is 0 Å². The molecule has 0 amide bonds. The molecular formula is C16H25N3O4S2. The molecule has 7 nitrogen and oxygen atoms in total. The molecular weight excluding hydrogens is 362 g/mol. The van der Waals surface area contributed by atoms with E-state index in [0.29, 0.717) is 19.6 Å². The Morgan fingerprint density at radius 3 is 2.24 bits per heavy atom. The van der Waals surface area contributed by atoms with E-state index in [0.717, 1.165) is 5.56 Å². The molecule has 0 saturated carbocycles. The molecule has 0 spiro atoms. The first-order valence-electron chi connectivity index (χ1n) is 8.40. The molecule has 0 radical (unpaired) electrons.